The molecule has 3 N–H and O–H groups in total. The highest BCUT2D eigenvalue weighted by atomic mass is 79.9. The number of halogens is 1. The number of ether oxygens (including phenoxy) is 5. The van der Waals surface area contributed by atoms with E-state index in [-0.39, 0.29) is 0 Å². The van der Waals surface area contributed by atoms with E-state index in [0.717, 1.165) is 84.9 Å². The summed E-state index contributed by atoms with van der Waals surface area (Å²) in [6, 6.07) is 37.4. The number of likely N-dealkylation sites (N-methyl/N-ethyl adjacent to an activating group) is 2. The number of imidazole rings is 2. The first-order chi connectivity index (χ1) is 48.2. The third-order valence-electron chi connectivity index (χ3n) is 16.3. The van der Waals surface area contributed by atoms with Crippen LogP contribution in [0.5, 0.6) is 0 Å². The standard InChI is InChI=1S/C36H42N6O4.C29H35BrN6O4.C11H16BNO4/c1-23-12-14-24(15-13-23)25-16-17-26-29(22-25)42(34(44)46-36(5,6)7)38-30(26)32-37-31-27(40-20-18-39(8)19-21-40)10-9-11-28(31)41(32)33(43)45-35(2,3)4;1-28(2,3)39-26(37)35-21-10-8-9-20(34-15-13-33(7)14-16-34)24(21)31-25(35)23-19-12-11-18(30)17-22(19)36(32-23)27(38)40-29(4,5)6;1-11(2,3)17-10(14)13-9-6-4-8(5-7-9)12(15)16/h9-17,22H,18-21H2,1-8H3;8-12,17H,13-16H2,1-7H3;4-7,15-16H,1-3H3,(H,13,14). The quantitative estimate of drug-likeness (QED) is 0.0988. The molecule has 4 aromatic heterocycles. The van der Waals surface area contributed by atoms with Crippen molar-refractivity contribution >= 4 is 120 Å². The van der Waals surface area contributed by atoms with Crippen molar-refractivity contribution in [2.75, 3.05) is 81.6 Å². The number of hydrogen-bond acceptors (Lipinski definition) is 20. The molecule has 0 saturated carbocycles. The number of aromatic nitrogens is 8. The molecule has 2 saturated heterocycles. The molecule has 0 bridgehead atoms. The Bertz CT molecular complexity index is 4780. The van der Waals surface area contributed by atoms with E-state index < -0.39 is 65.6 Å². The summed E-state index contributed by atoms with van der Waals surface area (Å²) in [6.45, 7) is 36.2. The van der Waals surface area contributed by atoms with Gasteiger partial charge in [0.2, 0.25) is 0 Å². The number of piperazine rings is 2. The first-order valence-electron chi connectivity index (χ1n) is 34.3. The van der Waals surface area contributed by atoms with Gasteiger partial charge in [-0.3, -0.25) is 5.32 Å². The van der Waals surface area contributed by atoms with Crippen LogP contribution in [0.3, 0.4) is 0 Å². The van der Waals surface area contributed by atoms with E-state index in [0.29, 0.717) is 78.1 Å². The number of rotatable bonds is 7. The topological polar surface area (TPSA) is 268 Å². The highest BCUT2D eigenvalue weighted by molar-refractivity contribution is 9.10. The highest BCUT2D eigenvalue weighted by Gasteiger charge is 2.34. The normalized spacial score (nSPS) is 14.2. The number of carbonyl (C=O) groups is 5. The van der Waals surface area contributed by atoms with Crippen LogP contribution < -0.4 is 20.6 Å². The number of anilines is 3. The monoisotopic (exact) mass is 1470 g/mol. The molecule has 27 heteroatoms. The van der Waals surface area contributed by atoms with Crippen molar-refractivity contribution in [2.45, 2.75) is 139 Å². The average molecular weight is 1470 g/mol. The number of amides is 1. The third-order valence-corrected chi connectivity index (χ3v) is 16.8. The zero-order valence-electron chi connectivity index (χ0n) is 62.0. The van der Waals surface area contributed by atoms with Gasteiger partial charge in [0.25, 0.3) is 0 Å². The van der Waals surface area contributed by atoms with Gasteiger partial charge in [0.1, 0.15) is 50.4 Å². The summed E-state index contributed by atoms with van der Waals surface area (Å²) in [5.41, 5.74) is 6.73. The van der Waals surface area contributed by atoms with Gasteiger partial charge in [-0.15, -0.1) is 0 Å². The molecule has 25 nitrogen and oxygen atoms in total. The van der Waals surface area contributed by atoms with Crippen molar-refractivity contribution in [1.29, 1.82) is 0 Å². The minimum atomic E-state index is -1.51. The summed E-state index contributed by atoms with van der Waals surface area (Å²) >= 11 is 3.50. The van der Waals surface area contributed by atoms with Crippen LogP contribution in [0.25, 0.3) is 78.0 Å². The minimum absolute atomic E-state index is 0.292. The fourth-order valence-electron chi connectivity index (χ4n) is 11.6. The van der Waals surface area contributed by atoms with E-state index in [1.807, 2.05) is 148 Å². The molecule has 6 aromatic carbocycles. The van der Waals surface area contributed by atoms with Crippen LogP contribution in [0.4, 0.5) is 41.0 Å². The number of nitrogens with one attached hydrogen (secondary N) is 1. The summed E-state index contributed by atoms with van der Waals surface area (Å²) in [4.78, 5) is 85.2. The summed E-state index contributed by atoms with van der Waals surface area (Å²) in [7, 11) is 2.71. The van der Waals surface area contributed by atoms with E-state index in [4.69, 9.17) is 48.8 Å². The second kappa shape index (κ2) is 30.0. The minimum Gasteiger partial charge on any atom is -0.444 e. The summed E-state index contributed by atoms with van der Waals surface area (Å²) in [5.74, 6) is 0.585. The molecule has 12 rings (SSSR count). The van der Waals surface area contributed by atoms with Crippen LogP contribution in [0.2, 0.25) is 0 Å². The maximum atomic E-state index is 13.9. The SMILES string of the molecule is CC(C)(C)OC(=O)Nc1ccc(B(O)O)cc1.CN1CCN(c2cccc3c2nc(-c2nn(C(=O)OC(C)(C)C)c4cc(Br)ccc24)n3C(=O)OC(C)(C)C)CC1.Cc1ccc(-c2ccc3c(-c4nc5c(N6CCN(C)CC6)cccc5n4C(=O)OC(C)(C)C)nn(C(=O)OC(C)(C)C)c3c2)cc1. The number of fused-ring (bicyclic) bond motifs is 4. The molecular weight excluding hydrogens is 1380 g/mol. The smallest absolute Gasteiger partial charge is 0.444 e. The maximum Gasteiger partial charge on any atom is 0.488 e. The Labute approximate surface area is 608 Å². The predicted octanol–water partition coefficient (Wildman–Crippen LogP) is 14.2. The molecule has 2 aliphatic heterocycles. The van der Waals surface area contributed by atoms with Gasteiger partial charge in [-0.2, -0.15) is 19.6 Å². The lowest BCUT2D eigenvalue weighted by molar-refractivity contribution is 0.0511. The molecule has 0 unspecified atom stereocenters. The molecule has 1 amide bonds. The van der Waals surface area contributed by atoms with Gasteiger partial charge in [0.15, 0.2) is 11.6 Å². The van der Waals surface area contributed by atoms with E-state index in [1.165, 1.54) is 30.6 Å². The Hall–Kier alpha value is -9.67. The zero-order chi connectivity index (χ0) is 75.0. The third kappa shape index (κ3) is 18.6. The van der Waals surface area contributed by atoms with Crippen LogP contribution in [0.1, 0.15) is 109 Å². The van der Waals surface area contributed by atoms with Crippen molar-refractivity contribution in [3.05, 3.63) is 131 Å². The van der Waals surface area contributed by atoms with Crippen molar-refractivity contribution in [2.24, 2.45) is 0 Å². The van der Waals surface area contributed by atoms with Gasteiger partial charge in [0.05, 0.1) is 33.4 Å². The van der Waals surface area contributed by atoms with Gasteiger partial charge in [-0.25, -0.2) is 43.1 Å². The highest BCUT2D eigenvalue weighted by Crippen LogP contribution is 2.39. The molecular formula is C76H93BBrN13O12. The van der Waals surface area contributed by atoms with Gasteiger partial charge in [0, 0.05) is 73.3 Å². The molecule has 544 valence electrons. The molecule has 6 heterocycles. The second-order valence-electron chi connectivity index (χ2n) is 30.7. The largest absolute Gasteiger partial charge is 0.488 e. The number of carbonyl (C=O) groups excluding carboxylic acids is 5. The van der Waals surface area contributed by atoms with Crippen molar-refractivity contribution in [3.8, 4) is 34.2 Å². The molecule has 0 atom stereocenters. The zero-order valence-corrected chi connectivity index (χ0v) is 63.6. The lowest BCUT2D eigenvalue weighted by atomic mass is 9.80. The fraction of sp³-hybridized carbons (Fsp3) is 0.408. The molecule has 2 aliphatic rings. The van der Waals surface area contributed by atoms with Gasteiger partial charge in [-0.05, 0) is 208 Å². The van der Waals surface area contributed by atoms with Crippen LogP contribution >= 0.6 is 15.9 Å². The summed E-state index contributed by atoms with van der Waals surface area (Å²) in [5, 5.41) is 31.1. The van der Waals surface area contributed by atoms with Crippen LogP contribution in [-0.2, 0) is 23.7 Å². The molecule has 0 spiro atoms. The molecule has 0 radical (unpaired) electrons. The number of hydrogen-bond donors (Lipinski definition) is 3. The summed E-state index contributed by atoms with van der Waals surface area (Å²) in [6.07, 6.45) is -2.94. The molecule has 0 aliphatic carbocycles. The number of benzene rings is 6. The fourth-order valence-corrected chi connectivity index (χ4v) is 11.9. The first-order valence-corrected chi connectivity index (χ1v) is 35.1. The van der Waals surface area contributed by atoms with Crippen molar-refractivity contribution < 1.29 is 57.7 Å². The van der Waals surface area contributed by atoms with Crippen molar-refractivity contribution in [1.82, 2.24) is 48.5 Å². The first kappa shape index (κ1) is 76.0. The van der Waals surface area contributed by atoms with Gasteiger partial charge < -0.3 is 53.3 Å². The van der Waals surface area contributed by atoms with Gasteiger partial charge >= 0.3 is 37.6 Å². The maximum absolute atomic E-state index is 13.9. The molecule has 10 aromatic rings. The van der Waals surface area contributed by atoms with Crippen LogP contribution in [0, 0.1) is 6.92 Å². The van der Waals surface area contributed by atoms with Crippen LogP contribution in [0.15, 0.2) is 126 Å². The second-order valence-corrected chi connectivity index (χ2v) is 31.7. The Balaban J connectivity index is 0.000000182. The number of para-hydroxylation sites is 2. The Kier molecular flexibility index (Phi) is 22.1. The Morgan fingerprint density at radius 1 is 0.456 bits per heavy atom. The Morgan fingerprint density at radius 2 is 0.845 bits per heavy atom. The number of aryl methyl sites for hydroxylation is 1. The molecule has 2 fully saturated rings. The number of nitrogens with zero attached hydrogens (tertiary/aromatic N) is 12. The van der Waals surface area contributed by atoms with Crippen LogP contribution in [-0.4, -0.2) is 191 Å². The van der Waals surface area contributed by atoms with E-state index >= 15 is 0 Å². The van der Waals surface area contributed by atoms with E-state index in [9.17, 15) is 24.0 Å². The van der Waals surface area contributed by atoms with Crippen molar-refractivity contribution in [3.63, 3.8) is 0 Å². The van der Waals surface area contributed by atoms with Gasteiger partial charge in [-0.1, -0.05) is 76.1 Å². The average Bonchev–Trinajstić information content (AvgIpc) is 1.59. The summed E-state index contributed by atoms with van der Waals surface area (Å²) < 4.78 is 34.5. The molecule has 103 heavy (non-hydrogen) atoms. The Morgan fingerprint density at radius 3 is 1.25 bits per heavy atom. The predicted molar refractivity (Wildman–Crippen MR) is 407 cm³/mol. The van der Waals surface area contributed by atoms with E-state index in [2.05, 4.69) is 72.2 Å². The lowest BCUT2D eigenvalue weighted by Gasteiger charge is -2.34. The van der Waals surface area contributed by atoms with E-state index in [1.54, 1.807) is 59.7 Å². The lowest BCUT2D eigenvalue weighted by Crippen LogP contribution is -2.44.